The largest absolute Gasteiger partial charge is 1.00 e. The average molecular weight is 380 g/mol. The molecule has 0 aliphatic heterocycles. The summed E-state index contributed by atoms with van der Waals surface area (Å²) in [5, 5.41) is 39.6. The third-order valence-corrected chi connectivity index (χ3v) is 4.26. The molecule has 4 atom stereocenters. The maximum Gasteiger partial charge on any atom is 1.00 e. The van der Waals surface area contributed by atoms with Crippen LogP contribution in [0.4, 0.5) is 0 Å². The van der Waals surface area contributed by atoms with Gasteiger partial charge in [0.1, 0.15) is 12.1 Å². The average Bonchev–Trinajstić information content (AvgIpc) is 2.57. The van der Waals surface area contributed by atoms with Gasteiger partial charge in [0.2, 0.25) is 0 Å². The molecule has 0 aromatic rings. The Morgan fingerprint density at radius 2 is 1.48 bits per heavy atom. The summed E-state index contributed by atoms with van der Waals surface area (Å²) in [4.78, 5) is 36.4. The van der Waals surface area contributed by atoms with Crippen molar-refractivity contribution < 1.29 is 53.7 Å². The van der Waals surface area contributed by atoms with Crippen molar-refractivity contribution in [2.75, 3.05) is 19.6 Å². The number of aliphatic hydroxyl groups is 1. The van der Waals surface area contributed by atoms with E-state index in [9.17, 15) is 34.8 Å². The Balaban J connectivity index is 0. The Kier molecular flexibility index (Phi) is 14.2. The molecule has 0 aromatic carbocycles. The molecule has 0 radical (unpaired) electrons. The molecule has 150 valence electrons. The number of aliphatic hydroxyl groups excluding tert-OH is 1. The number of hydrogen-bond donors (Lipinski definition) is 3. The second kappa shape index (κ2) is 13.7. The zero-order valence-electron chi connectivity index (χ0n) is 16.7. The Bertz CT molecular complexity index is 496. The number of aliphatic carboxylic acids is 3. The summed E-state index contributed by atoms with van der Waals surface area (Å²) in [6.45, 7) is 6.09. The minimum absolute atomic E-state index is 0. The standard InChI is InChI=1S/C17H30N2O7.Li/c1-5-6-7-14(20)10-18(11(2)15(21)22)8-9-19(12(3)16(23)24)13(4)17(25)26;/h6-7,11-14,20H,5,8-10H2,1-4H3,(H,21,22)(H,23,24)(H,25,26);/q;+1/p-1/b7-6+;. The molecule has 27 heavy (non-hydrogen) atoms. The van der Waals surface area contributed by atoms with Crippen LogP contribution in [-0.4, -0.2) is 86.9 Å². The first-order chi connectivity index (χ1) is 12.0. The van der Waals surface area contributed by atoms with Crippen LogP contribution < -0.4 is 24.0 Å². The first-order valence-corrected chi connectivity index (χ1v) is 8.53. The minimum atomic E-state index is -1.33. The first kappa shape index (κ1) is 27.8. The Morgan fingerprint density at radius 1 is 1.00 bits per heavy atom. The number of carboxylic acid groups (broad SMARTS) is 3. The van der Waals surface area contributed by atoms with Crippen LogP contribution in [0.5, 0.6) is 0 Å². The van der Waals surface area contributed by atoms with Crippen LogP contribution in [-0.2, 0) is 14.4 Å². The van der Waals surface area contributed by atoms with Gasteiger partial charge in [0, 0.05) is 25.7 Å². The predicted molar refractivity (Wildman–Crippen MR) is 92.4 cm³/mol. The van der Waals surface area contributed by atoms with Crippen molar-refractivity contribution in [2.24, 2.45) is 0 Å². The van der Waals surface area contributed by atoms with Crippen LogP contribution in [0.25, 0.3) is 0 Å². The van der Waals surface area contributed by atoms with Crippen molar-refractivity contribution in [3.63, 3.8) is 0 Å². The molecule has 10 heteroatoms. The summed E-state index contributed by atoms with van der Waals surface area (Å²) in [6.07, 6.45) is 3.11. The number of carboxylic acids is 3. The van der Waals surface area contributed by atoms with Gasteiger partial charge in [-0.3, -0.25) is 19.4 Å². The zero-order valence-corrected chi connectivity index (χ0v) is 16.7. The van der Waals surface area contributed by atoms with Crippen LogP contribution in [0, 0.1) is 0 Å². The zero-order chi connectivity index (χ0) is 20.4. The molecule has 9 nitrogen and oxygen atoms in total. The van der Waals surface area contributed by atoms with E-state index in [1.807, 2.05) is 6.92 Å². The number of hydrogen-bond acceptors (Lipinski definition) is 7. The van der Waals surface area contributed by atoms with Crippen LogP contribution in [0.1, 0.15) is 34.1 Å². The SMILES string of the molecule is CC/C=C/C(O)CN(CCN(C(C)C(=O)O)C(C)C(=O)O)C(C)C(=O)[O-].[Li+]. The Morgan fingerprint density at radius 3 is 1.85 bits per heavy atom. The Hall–Kier alpha value is -1.37. The number of nitrogens with zero attached hydrogens (tertiary/aromatic N) is 2. The molecule has 0 fully saturated rings. The van der Waals surface area contributed by atoms with E-state index in [4.69, 9.17) is 0 Å². The summed E-state index contributed by atoms with van der Waals surface area (Å²) in [6, 6.07) is -3.15. The fourth-order valence-corrected chi connectivity index (χ4v) is 2.44. The second-order valence-corrected chi connectivity index (χ2v) is 6.16. The van der Waals surface area contributed by atoms with Gasteiger partial charge in [-0.2, -0.15) is 0 Å². The summed E-state index contributed by atoms with van der Waals surface area (Å²) in [5.41, 5.74) is 0. The van der Waals surface area contributed by atoms with Gasteiger partial charge in [-0.15, -0.1) is 0 Å². The van der Waals surface area contributed by atoms with E-state index in [0.29, 0.717) is 6.42 Å². The number of allylic oxidation sites excluding steroid dienone is 1. The molecule has 0 bridgehead atoms. The molecule has 0 saturated heterocycles. The van der Waals surface area contributed by atoms with Gasteiger partial charge in [-0.05, 0) is 27.2 Å². The topological polar surface area (TPSA) is 141 Å². The van der Waals surface area contributed by atoms with Crippen molar-refractivity contribution in [1.29, 1.82) is 0 Å². The normalized spacial score (nSPS) is 16.0. The fourth-order valence-electron chi connectivity index (χ4n) is 2.44. The van der Waals surface area contributed by atoms with Crippen molar-refractivity contribution in [2.45, 2.75) is 58.3 Å². The number of carbonyl (C=O) groups excluding carboxylic acids is 1. The van der Waals surface area contributed by atoms with E-state index < -0.39 is 42.1 Å². The quantitative estimate of drug-likeness (QED) is 0.215. The van der Waals surface area contributed by atoms with Gasteiger partial charge in [0.05, 0.1) is 12.1 Å². The monoisotopic (exact) mass is 380 g/mol. The van der Waals surface area contributed by atoms with E-state index in [1.54, 1.807) is 12.2 Å². The number of rotatable bonds is 13. The van der Waals surface area contributed by atoms with Crippen LogP contribution in [0.2, 0.25) is 0 Å². The summed E-state index contributed by atoms with van der Waals surface area (Å²) >= 11 is 0. The van der Waals surface area contributed by atoms with E-state index in [-0.39, 0.29) is 38.5 Å². The van der Waals surface area contributed by atoms with Gasteiger partial charge in [0.25, 0.3) is 0 Å². The van der Waals surface area contributed by atoms with Crippen LogP contribution in [0.15, 0.2) is 12.2 Å². The summed E-state index contributed by atoms with van der Waals surface area (Å²) < 4.78 is 0. The van der Waals surface area contributed by atoms with Gasteiger partial charge >= 0.3 is 30.8 Å². The summed E-state index contributed by atoms with van der Waals surface area (Å²) in [5.74, 6) is -3.69. The van der Waals surface area contributed by atoms with Crippen molar-refractivity contribution in [3.8, 4) is 0 Å². The van der Waals surface area contributed by atoms with Crippen molar-refractivity contribution >= 4 is 17.9 Å². The molecule has 0 spiro atoms. The minimum Gasteiger partial charge on any atom is -0.548 e. The summed E-state index contributed by atoms with van der Waals surface area (Å²) in [7, 11) is 0. The van der Waals surface area contributed by atoms with Crippen molar-refractivity contribution in [3.05, 3.63) is 12.2 Å². The molecule has 3 N–H and O–H groups in total. The predicted octanol–water partition coefficient (Wildman–Crippen LogP) is -3.99. The molecule has 0 aromatic heterocycles. The molecule has 4 unspecified atom stereocenters. The van der Waals surface area contributed by atoms with Gasteiger partial charge in [-0.1, -0.05) is 19.1 Å². The van der Waals surface area contributed by atoms with Crippen LogP contribution >= 0.6 is 0 Å². The maximum absolute atomic E-state index is 11.2. The third-order valence-electron chi connectivity index (χ3n) is 4.26. The van der Waals surface area contributed by atoms with Crippen LogP contribution in [0.3, 0.4) is 0 Å². The molecule has 0 rings (SSSR count). The molecular formula is C17H29LiN2O7. The van der Waals surface area contributed by atoms with E-state index >= 15 is 0 Å². The molecule has 0 saturated carbocycles. The fraction of sp³-hybridized carbons (Fsp3) is 0.706. The smallest absolute Gasteiger partial charge is 0.548 e. The Labute approximate surface area is 171 Å². The third kappa shape index (κ3) is 9.93. The van der Waals surface area contributed by atoms with E-state index in [1.165, 1.54) is 30.6 Å². The van der Waals surface area contributed by atoms with Gasteiger partial charge < -0.3 is 25.2 Å². The molecule has 0 aliphatic carbocycles. The molecule has 0 heterocycles. The number of carbonyl (C=O) groups is 3. The van der Waals surface area contributed by atoms with E-state index in [0.717, 1.165) is 0 Å². The second-order valence-electron chi connectivity index (χ2n) is 6.16. The van der Waals surface area contributed by atoms with Gasteiger partial charge in [0.15, 0.2) is 0 Å². The van der Waals surface area contributed by atoms with Crippen molar-refractivity contribution in [1.82, 2.24) is 9.80 Å². The molecule has 0 amide bonds. The molecular weight excluding hydrogens is 351 g/mol. The van der Waals surface area contributed by atoms with Gasteiger partial charge in [-0.25, -0.2) is 0 Å². The van der Waals surface area contributed by atoms with E-state index in [2.05, 4.69) is 0 Å². The first-order valence-electron chi connectivity index (χ1n) is 8.53. The molecule has 0 aliphatic rings. The maximum atomic E-state index is 11.2.